The number of aromatic nitrogens is 3. The number of hydrogen-bond donors (Lipinski definition) is 0. The molecule has 4 aromatic rings. The van der Waals surface area contributed by atoms with Crippen molar-refractivity contribution >= 4 is 22.6 Å². The van der Waals surface area contributed by atoms with Crippen LogP contribution >= 0.6 is 11.6 Å². The smallest absolute Gasteiger partial charge is 0.113 e. The van der Waals surface area contributed by atoms with E-state index in [1.807, 2.05) is 24.5 Å². The van der Waals surface area contributed by atoms with Gasteiger partial charge in [-0.15, -0.1) is 0 Å². The minimum absolute atomic E-state index is 0.294. The van der Waals surface area contributed by atoms with E-state index in [4.69, 9.17) is 16.6 Å². The minimum atomic E-state index is 0.294. The Hall–Kier alpha value is -2.65. The standard InChI is InChI=1S/C24H24ClN3/c1-16-13-22-23(14-17(16)2)28(15-20-4-6-21(25)7-5-20)24(27-22)18(3)12-19-8-10-26-11-9-19/h4-11,13-14,18H,12,15H2,1-3H3. The molecule has 4 rings (SSSR count). The highest BCUT2D eigenvalue weighted by molar-refractivity contribution is 6.30. The number of benzene rings is 2. The van der Waals surface area contributed by atoms with E-state index in [2.05, 4.69) is 66.7 Å². The summed E-state index contributed by atoms with van der Waals surface area (Å²) < 4.78 is 2.36. The number of halogens is 1. The first-order chi connectivity index (χ1) is 13.5. The van der Waals surface area contributed by atoms with Gasteiger partial charge in [-0.1, -0.05) is 30.7 Å². The van der Waals surface area contributed by atoms with Crippen LogP contribution in [0.1, 0.15) is 40.9 Å². The maximum atomic E-state index is 6.07. The molecule has 0 saturated carbocycles. The van der Waals surface area contributed by atoms with Gasteiger partial charge in [-0.3, -0.25) is 4.98 Å². The quantitative estimate of drug-likeness (QED) is 0.413. The highest BCUT2D eigenvalue weighted by Gasteiger charge is 2.18. The van der Waals surface area contributed by atoms with E-state index in [9.17, 15) is 0 Å². The largest absolute Gasteiger partial charge is 0.323 e. The third kappa shape index (κ3) is 3.81. The molecule has 0 saturated heterocycles. The lowest BCUT2D eigenvalue weighted by molar-refractivity contribution is 0.640. The molecular formula is C24H24ClN3. The second-order valence-corrected chi connectivity index (χ2v) is 8.00. The average Bonchev–Trinajstić information content (AvgIpc) is 3.02. The monoisotopic (exact) mass is 389 g/mol. The molecule has 0 radical (unpaired) electrons. The maximum Gasteiger partial charge on any atom is 0.113 e. The lowest BCUT2D eigenvalue weighted by Gasteiger charge is -2.15. The Morgan fingerprint density at radius 2 is 1.61 bits per heavy atom. The van der Waals surface area contributed by atoms with Crippen molar-refractivity contribution in [2.45, 2.75) is 39.7 Å². The normalized spacial score (nSPS) is 12.4. The molecule has 0 aliphatic rings. The SMILES string of the molecule is Cc1cc2nc(C(C)Cc3ccncc3)n(Cc3ccc(Cl)cc3)c2cc1C. The van der Waals surface area contributed by atoms with Crippen LogP contribution in [0.4, 0.5) is 0 Å². The first-order valence-corrected chi connectivity index (χ1v) is 10.00. The van der Waals surface area contributed by atoms with Crippen molar-refractivity contribution in [3.8, 4) is 0 Å². The van der Waals surface area contributed by atoms with Crippen LogP contribution < -0.4 is 0 Å². The molecule has 2 aromatic heterocycles. The zero-order valence-corrected chi connectivity index (χ0v) is 17.2. The van der Waals surface area contributed by atoms with Gasteiger partial charge in [0.1, 0.15) is 5.82 Å². The number of hydrogen-bond acceptors (Lipinski definition) is 2. The van der Waals surface area contributed by atoms with Crippen molar-refractivity contribution in [1.29, 1.82) is 0 Å². The fourth-order valence-electron chi connectivity index (χ4n) is 3.68. The van der Waals surface area contributed by atoms with Crippen LogP contribution in [0.5, 0.6) is 0 Å². The summed E-state index contributed by atoms with van der Waals surface area (Å²) in [7, 11) is 0. The van der Waals surface area contributed by atoms with Crippen LogP contribution in [0.2, 0.25) is 5.02 Å². The van der Waals surface area contributed by atoms with Gasteiger partial charge < -0.3 is 4.57 Å². The van der Waals surface area contributed by atoms with Gasteiger partial charge in [-0.05, 0) is 78.9 Å². The number of rotatable bonds is 5. The van der Waals surface area contributed by atoms with E-state index in [1.54, 1.807) is 0 Å². The molecule has 0 bridgehead atoms. The zero-order valence-electron chi connectivity index (χ0n) is 16.5. The molecule has 4 heteroatoms. The van der Waals surface area contributed by atoms with E-state index < -0.39 is 0 Å². The van der Waals surface area contributed by atoms with Crippen molar-refractivity contribution in [2.24, 2.45) is 0 Å². The molecule has 0 spiro atoms. The fourth-order valence-corrected chi connectivity index (χ4v) is 3.80. The molecule has 2 aromatic carbocycles. The third-order valence-electron chi connectivity index (χ3n) is 5.38. The van der Waals surface area contributed by atoms with Crippen molar-refractivity contribution in [1.82, 2.24) is 14.5 Å². The summed E-state index contributed by atoms with van der Waals surface area (Å²) in [5.41, 5.74) is 7.32. The third-order valence-corrected chi connectivity index (χ3v) is 5.63. The first-order valence-electron chi connectivity index (χ1n) is 9.62. The van der Waals surface area contributed by atoms with E-state index in [0.29, 0.717) is 5.92 Å². The molecule has 1 atom stereocenters. The Kier molecular flexibility index (Phi) is 5.19. The van der Waals surface area contributed by atoms with E-state index >= 15 is 0 Å². The summed E-state index contributed by atoms with van der Waals surface area (Å²) in [6.07, 6.45) is 4.64. The molecule has 1 unspecified atom stereocenters. The van der Waals surface area contributed by atoms with E-state index in [0.717, 1.165) is 29.3 Å². The Morgan fingerprint density at radius 1 is 0.929 bits per heavy atom. The predicted octanol–water partition coefficient (Wildman–Crippen LogP) is 6.10. The average molecular weight is 390 g/mol. The summed E-state index contributed by atoms with van der Waals surface area (Å²) in [6, 6.07) is 16.7. The van der Waals surface area contributed by atoms with Crippen LogP contribution in [0.15, 0.2) is 60.9 Å². The van der Waals surface area contributed by atoms with Crippen LogP contribution in [-0.4, -0.2) is 14.5 Å². The van der Waals surface area contributed by atoms with E-state index in [-0.39, 0.29) is 0 Å². The van der Waals surface area contributed by atoms with Gasteiger partial charge in [0.15, 0.2) is 0 Å². The van der Waals surface area contributed by atoms with Crippen LogP contribution in [0.25, 0.3) is 11.0 Å². The fraction of sp³-hybridized carbons (Fsp3) is 0.250. The number of pyridine rings is 1. The Labute approximate surface area is 171 Å². The van der Waals surface area contributed by atoms with E-state index in [1.165, 1.54) is 27.8 Å². The van der Waals surface area contributed by atoms with Gasteiger partial charge >= 0.3 is 0 Å². The summed E-state index contributed by atoms with van der Waals surface area (Å²) >= 11 is 6.07. The van der Waals surface area contributed by atoms with Gasteiger partial charge in [0.05, 0.1) is 11.0 Å². The molecule has 3 nitrogen and oxygen atoms in total. The number of aryl methyl sites for hydroxylation is 2. The lowest BCUT2D eigenvalue weighted by atomic mass is 10.0. The predicted molar refractivity (Wildman–Crippen MR) is 116 cm³/mol. The molecular weight excluding hydrogens is 366 g/mol. The van der Waals surface area contributed by atoms with Crippen molar-refractivity contribution < 1.29 is 0 Å². The molecule has 2 heterocycles. The van der Waals surface area contributed by atoms with Crippen LogP contribution in [-0.2, 0) is 13.0 Å². The molecule has 0 fully saturated rings. The number of nitrogens with zero attached hydrogens (tertiary/aromatic N) is 3. The molecule has 142 valence electrons. The van der Waals surface area contributed by atoms with Gasteiger partial charge in [0.2, 0.25) is 0 Å². The minimum Gasteiger partial charge on any atom is -0.323 e. The highest BCUT2D eigenvalue weighted by atomic mass is 35.5. The summed E-state index contributed by atoms with van der Waals surface area (Å²) in [5, 5.41) is 0.761. The highest BCUT2D eigenvalue weighted by Crippen LogP contribution is 2.28. The van der Waals surface area contributed by atoms with Gasteiger partial charge in [0.25, 0.3) is 0 Å². The Balaban J connectivity index is 1.78. The lowest BCUT2D eigenvalue weighted by Crippen LogP contribution is -2.10. The zero-order chi connectivity index (χ0) is 19.7. The molecule has 0 amide bonds. The summed E-state index contributed by atoms with van der Waals surface area (Å²) in [4.78, 5) is 9.17. The molecule has 0 aliphatic carbocycles. The second-order valence-electron chi connectivity index (χ2n) is 7.57. The van der Waals surface area contributed by atoms with Crippen molar-refractivity contribution in [3.63, 3.8) is 0 Å². The van der Waals surface area contributed by atoms with Crippen LogP contribution in [0, 0.1) is 13.8 Å². The van der Waals surface area contributed by atoms with Gasteiger partial charge in [0, 0.05) is 29.9 Å². The topological polar surface area (TPSA) is 30.7 Å². The van der Waals surface area contributed by atoms with Gasteiger partial charge in [-0.25, -0.2) is 4.98 Å². The summed E-state index contributed by atoms with van der Waals surface area (Å²) in [5.74, 6) is 1.41. The Morgan fingerprint density at radius 3 is 2.32 bits per heavy atom. The first kappa shape index (κ1) is 18.7. The maximum absolute atomic E-state index is 6.07. The number of fused-ring (bicyclic) bond motifs is 1. The Bertz CT molecular complexity index is 1100. The van der Waals surface area contributed by atoms with Crippen LogP contribution in [0.3, 0.4) is 0 Å². The molecule has 28 heavy (non-hydrogen) atoms. The molecule has 0 aliphatic heterocycles. The summed E-state index contributed by atoms with van der Waals surface area (Å²) in [6.45, 7) is 7.34. The number of imidazole rings is 1. The van der Waals surface area contributed by atoms with Crippen molar-refractivity contribution in [3.05, 3.63) is 94.0 Å². The second kappa shape index (κ2) is 7.76. The van der Waals surface area contributed by atoms with Crippen molar-refractivity contribution in [2.75, 3.05) is 0 Å². The molecule has 0 N–H and O–H groups in total. The van der Waals surface area contributed by atoms with Gasteiger partial charge in [-0.2, -0.15) is 0 Å².